The molecule has 0 heterocycles. The smallest absolute Gasteiger partial charge is 0.314 e. The summed E-state index contributed by atoms with van der Waals surface area (Å²) in [4.78, 5) is 11.3. The fourth-order valence-electron chi connectivity index (χ4n) is 1.21. The van der Waals surface area contributed by atoms with Crippen molar-refractivity contribution in [3.63, 3.8) is 0 Å². The molecule has 1 N–H and O–H groups in total. The summed E-state index contributed by atoms with van der Waals surface area (Å²) in [5.41, 5.74) is 0.960. The van der Waals surface area contributed by atoms with Crippen LogP contribution in [0.25, 0.3) is 0 Å². The molecule has 0 bridgehead atoms. The summed E-state index contributed by atoms with van der Waals surface area (Å²) < 4.78 is 5.06. The second kappa shape index (κ2) is 3.33. The van der Waals surface area contributed by atoms with Crippen LogP contribution in [-0.4, -0.2) is 11.1 Å². The maximum Gasteiger partial charge on any atom is 0.314 e. The van der Waals surface area contributed by atoms with Crippen molar-refractivity contribution in [1.82, 2.24) is 0 Å². The Morgan fingerprint density at radius 3 is 2.86 bits per heavy atom. The minimum absolute atomic E-state index is 0.0181. The lowest BCUT2D eigenvalue weighted by atomic mass is 10.2. The van der Waals surface area contributed by atoms with Crippen LogP contribution in [0.1, 0.15) is 18.4 Å². The number of rotatable bonds is 2. The van der Waals surface area contributed by atoms with Crippen molar-refractivity contribution in [3.8, 4) is 11.5 Å². The molecule has 0 aliphatic heterocycles. The van der Waals surface area contributed by atoms with Gasteiger partial charge in [-0.1, -0.05) is 6.07 Å². The van der Waals surface area contributed by atoms with Crippen molar-refractivity contribution in [1.29, 1.82) is 0 Å². The Morgan fingerprint density at radius 1 is 1.50 bits per heavy atom. The SMILES string of the molecule is Cc1ccc(O)c(OC(=O)C2CC2)c1. The van der Waals surface area contributed by atoms with Crippen molar-refractivity contribution >= 4 is 5.97 Å². The first kappa shape index (κ1) is 9.06. The molecule has 0 unspecified atom stereocenters. The zero-order valence-electron chi connectivity index (χ0n) is 7.99. The second-order valence-electron chi connectivity index (χ2n) is 3.67. The molecule has 1 aliphatic rings. The molecule has 0 aromatic heterocycles. The van der Waals surface area contributed by atoms with E-state index >= 15 is 0 Å². The molecule has 0 radical (unpaired) electrons. The molecule has 3 heteroatoms. The van der Waals surface area contributed by atoms with Crippen LogP contribution < -0.4 is 4.74 Å². The van der Waals surface area contributed by atoms with Gasteiger partial charge in [-0.25, -0.2) is 0 Å². The van der Waals surface area contributed by atoms with Crippen molar-refractivity contribution in [2.24, 2.45) is 5.92 Å². The molecule has 0 saturated heterocycles. The highest BCUT2D eigenvalue weighted by Gasteiger charge is 2.32. The molecule has 1 aliphatic carbocycles. The molecule has 1 fully saturated rings. The van der Waals surface area contributed by atoms with Crippen molar-refractivity contribution in [2.45, 2.75) is 19.8 Å². The van der Waals surface area contributed by atoms with Gasteiger partial charge >= 0.3 is 5.97 Å². The topological polar surface area (TPSA) is 46.5 Å². The average molecular weight is 192 g/mol. The standard InChI is InChI=1S/C11H12O3/c1-7-2-5-9(12)10(6-7)14-11(13)8-3-4-8/h2,5-6,8,12H,3-4H2,1H3. The number of phenolic OH excluding ortho intramolecular Hbond substituents is 1. The third-order valence-electron chi connectivity index (χ3n) is 2.24. The van der Waals surface area contributed by atoms with E-state index in [1.165, 1.54) is 6.07 Å². The fourth-order valence-corrected chi connectivity index (χ4v) is 1.21. The third-order valence-corrected chi connectivity index (χ3v) is 2.24. The van der Waals surface area contributed by atoms with Crippen LogP contribution >= 0.6 is 0 Å². The van der Waals surface area contributed by atoms with E-state index in [2.05, 4.69) is 0 Å². The Balaban J connectivity index is 2.14. The first-order valence-electron chi connectivity index (χ1n) is 4.68. The van der Waals surface area contributed by atoms with Crippen LogP contribution in [0.3, 0.4) is 0 Å². The van der Waals surface area contributed by atoms with Crippen LogP contribution in [0.15, 0.2) is 18.2 Å². The Bertz CT molecular complexity index is 367. The second-order valence-corrected chi connectivity index (χ2v) is 3.67. The molecule has 3 nitrogen and oxygen atoms in total. The molecule has 0 atom stereocenters. The highest BCUT2D eigenvalue weighted by Crippen LogP contribution is 2.33. The third kappa shape index (κ3) is 1.87. The van der Waals surface area contributed by atoms with Gasteiger partial charge in [-0.15, -0.1) is 0 Å². The van der Waals surface area contributed by atoms with E-state index in [9.17, 15) is 9.90 Å². The first-order chi connectivity index (χ1) is 6.66. The number of esters is 1. The summed E-state index contributed by atoms with van der Waals surface area (Å²) in [6, 6.07) is 4.96. The summed E-state index contributed by atoms with van der Waals surface area (Å²) in [5, 5.41) is 9.41. The van der Waals surface area contributed by atoms with Crippen LogP contribution in [0.4, 0.5) is 0 Å². The number of hydrogen-bond acceptors (Lipinski definition) is 3. The van der Waals surface area contributed by atoms with Crippen LogP contribution in [0, 0.1) is 12.8 Å². The van der Waals surface area contributed by atoms with Crippen molar-refractivity contribution in [3.05, 3.63) is 23.8 Å². The summed E-state index contributed by atoms with van der Waals surface area (Å²) in [6.45, 7) is 1.88. The van der Waals surface area contributed by atoms with Gasteiger partial charge in [0, 0.05) is 0 Å². The van der Waals surface area contributed by atoms with Gasteiger partial charge in [-0.05, 0) is 37.5 Å². The predicted molar refractivity (Wildman–Crippen MR) is 51.2 cm³/mol. The highest BCUT2D eigenvalue weighted by atomic mass is 16.5. The van der Waals surface area contributed by atoms with Crippen LogP contribution in [0.5, 0.6) is 11.5 Å². The van der Waals surface area contributed by atoms with E-state index in [-0.39, 0.29) is 23.4 Å². The van der Waals surface area contributed by atoms with Gasteiger partial charge in [0.15, 0.2) is 11.5 Å². The van der Waals surface area contributed by atoms with E-state index in [0.29, 0.717) is 0 Å². The Hall–Kier alpha value is -1.51. The van der Waals surface area contributed by atoms with Crippen LogP contribution in [0.2, 0.25) is 0 Å². The zero-order valence-corrected chi connectivity index (χ0v) is 7.99. The first-order valence-corrected chi connectivity index (χ1v) is 4.68. The van der Waals surface area contributed by atoms with Gasteiger partial charge < -0.3 is 9.84 Å². The van der Waals surface area contributed by atoms with Gasteiger partial charge in [-0.3, -0.25) is 4.79 Å². The number of ether oxygens (including phenoxy) is 1. The summed E-state index contributed by atoms with van der Waals surface area (Å²) in [5.74, 6) is 0.104. The molecule has 1 saturated carbocycles. The normalized spacial score (nSPS) is 15.2. The van der Waals surface area contributed by atoms with Gasteiger partial charge in [0.2, 0.25) is 0 Å². The molecule has 0 amide bonds. The number of benzene rings is 1. The molecule has 14 heavy (non-hydrogen) atoms. The maximum absolute atomic E-state index is 11.3. The Morgan fingerprint density at radius 2 is 2.21 bits per heavy atom. The van der Waals surface area contributed by atoms with Gasteiger partial charge in [0.1, 0.15) is 0 Å². The highest BCUT2D eigenvalue weighted by molar-refractivity contribution is 5.78. The summed E-state index contributed by atoms with van der Waals surface area (Å²) in [6.07, 6.45) is 1.82. The molecule has 1 aromatic carbocycles. The lowest BCUT2D eigenvalue weighted by Gasteiger charge is -2.05. The number of aromatic hydroxyl groups is 1. The average Bonchev–Trinajstić information content (AvgIpc) is 2.94. The van der Waals surface area contributed by atoms with Gasteiger partial charge in [-0.2, -0.15) is 0 Å². The lowest BCUT2D eigenvalue weighted by Crippen LogP contribution is -2.09. The fraction of sp³-hybridized carbons (Fsp3) is 0.364. The molecular weight excluding hydrogens is 180 g/mol. The quantitative estimate of drug-likeness (QED) is 0.576. The molecule has 0 spiro atoms. The van der Waals surface area contributed by atoms with Gasteiger partial charge in [0.25, 0.3) is 0 Å². The van der Waals surface area contributed by atoms with E-state index in [1.807, 2.05) is 6.92 Å². The summed E-state index contributed by atoms with van der Waals surface area (Å²) in [7, 11) is 0. The Kier molecular flexibility index (Phi) is 2.15. The van der Waals surface area contributed by atoms with E-state index in [4.69, 9.17) is 4.74 Å². The largest absolute Gasteiger partial charge is 0.504 e. The minimum atomic E-state index is -0.231. The number of phenols is 1. The molecule has 74 valence electrons. The molecular formula is C11H12O3. The van der Waals surface area contributed by atoms with Gasteiger partial charge in [0.05, 0.1) is 5.92 Å². The number of hydrogen-bond donors (Lipinski definition) is 1. The zero-order chi connectivity index (χ0) is 10.1. The monoisotopic (exact) mass is 192 g/mol. The van der Waals surface area contributed by atoms with E-state index < -0.39 is 0 Å². The van der Waals surface area contributed by atoms with Crippen LogP contribution in [-0.2, 0) is 4.79 Å². The molecule has 2 rings (SSSR count). The van der Waals surface area contributed by atoms with E-state index in [0.717, 1.165) is 18.4 Å². The summed E-state index contributed by atoms with van der Waals surface area (Å²) >= 11 is 0. The maximum atomic E-state index is 11.3. The van der Waals surface area contributed by atoms with Crippen molar-refractivity contribution in [2.75, 3.05) is 0 Å². The van der Waals surface area contributed by atoms with E-state index in [1.54, 1.807) is 12.1 Å². The number of aryl methyl sites for hydroxylation is 1. The predicted octanol–water partition coefficient (Wildman–Crippen LogP) is 2.02. The minimum Gasteiger partial charge on any atom is -0.504 e. The lowest BCUT2D eigenvalue weighted by molar-refractivity contribution is -0.135. The molecule has 1 aromatic rings. The number of carbonyl (C=O) groups is 1. The van der Waals surface area contributed by atoms with Crippen molar-refractivity contribution < 1.29 is 14.6 Å². The number of carbonyl (C=O) groups excluding carboxylic acids is 1. The Labute approximate surface area is 82.3 Å².